The van der Waals surface area contributed by atoms with Crippen LogP contribution in [-0.4, -0.2) is 37.0 Å². The highest BCUT2D eigenvalue weighted by Gasteiger charge is 2.37. The molecule has 10 heteroatoms. The molecule has 1 aliphatic rings. The number of anilines is 1. The second-order valence-corrected chi connectivity index (χ2v) is 8.10. The van der Waals surface area contributed by atoms with Crippen molar-refractivity contribution in [1.82, 2.24) is 4.90 Å². The van der Waals surface area contributed by atoms with Crippen LogP contribution in [0.5, 0.6) is 0 Å². The number of carbonyl (C=O) groups is 1. The number of thiophene rings is 1. The van der Waals surface area contributed by atoms with Gasteiger partial charge in [0.15, 0.2) is 0 Å². The van der Waals surface area contributed by atoms with E-state index in [1.165, 1.54) is 9.78 Å². The lowest BCUT2D eigenvalue weighted by Crippen LogP contribution is -2.48. The minimum absolute atomic E-state index is 0.0498. The standard InChI is InChI=1S/C20H20F6N2OS/c21-19(22,23)14-11-15(20(24,25)26)13-16(12-14)27-6-8-28(9-7-27)18(29)5-1-3-17-4-2-10-30-17/h2,4,10-13H,1,3,5-9H2. The summed E-state index contributed by atoms with van der Waals surface area (Å²) >= 11 is 1.62. The number of amides is 1. The lowest BCUT2D eigenvalue weighted by Gasteiger charge is -2.36. The Bertz CT molecular complexity index is 823. The van der Waals surface area contributed by atoms with Crippen LogP contribution in [0.15, 0.2) is 35.7 Å². The van der Waals surface area contributed by atoms with Gasteiger partial charge in [-0.05, 0) is 42.5 Å². The van der Waals surface area contributed by atoms with Gasteiger partial charge in [0.05, 0.1) is 11.1 Å². The van der Waals surface area contributed by atoms with Crippen molar-refractivity contribution in [3.8, 4) is 0 Å². The van der Waals surface area contributed by atoms with E-state index in [9.17, 15) is 31.1 Å². The van der Waals surface area contributed by atoms with Crippen LogP contribution in [0.2, 0.25) is 0 Å². The molecule has 3 rings (SSSR count). The van der Waals surface area contributed by atoms with Crippen LogP contribution in [0.3, 0.4) is 0 Å². The van der Waals surface area contributed by atoms with Crippen molar-refractivity contribution in [2.45, 2.75) is 31.6 Å². The van der Waals surface area contributed by atoms with Crippen molar-refractivity contribution in [2.75, 3.05) is 31.1 Å². The third kappa shape index (κ3) is 5.68. The first kappa shape index (κ1) is 22.5. The topological polar surface area (TPSA) is 23.6 Å². The Labute approximate surface area is 173 Å². The number of benzene rings is 1. The van der Waals surface area contributed by atoms with Crippen LogP contribution >= 0.6 is 11.3 Å². The van der Waals surface area contributed by atoms with Gasteiger partial charge in [0.1, 0.15) is 0 Å². The molecule has 2 heterocycles. The third-order valence-corrected chi connectivity index (χ3v) is 5.90. The first-order valence-electron chi connectivity index (χ1n) is 9.38. The van der Waals surface area contributed by atoms with Crippen LogP contribution in [-0.2, 0) is 23.6 Å². The van der Waals surface area contributed by atoms with Gasteiger partial charge in [-0.25, -0.2) is 0 Å². The number of halogens is 6. The highest BCUT2D eigenvalue weighted by atomic mass is 32.1. The third-order valence-electron chi connectivity index (χ3n) is 4.96. The van der Waals surface area contributed by atoms with E-state index < -0.39 is 23.5 Å². The summed E-state index contributed by atoms with van der Waals surface area (Å²) in [6, 6.07) is 5.52. The number of hydrogen-bond acceptors (Lipinski definition) is 3. The normalized spacial score (nSPS) is 15.5. The predicted molar refractivity (Wildman–Crippen MR) is 102 cm³/mol. The number of carbonyl (C=O) groups excluding carboxylic acids is 1. The van der Waals surface area contributed by atoms with E-state index in [1.807, 2.05) is 17.5 Å². The quantitative estimate of drug-likeness (QED) is 0.565. The average molecular weight is 450 g/mol. The Morgan fingerprint density at radius 3 is 2.03 bits per heavy atom. The summed E-state index contributed by atoms with van der Waals surface area (Å²) < 4.78 is 78.3. The number of alkyl halides is 6. The molecule has 3 nitrogen and oxygen atoms in total. The predicted octanol–water partition coefficient (Wildman–Crippen LogP) is 5.46. The molecule has 30 heavy (non-hydrogen) atoms. The van der Waals surface area contributed by atoms with Crippen LogP contribution in [0, 0.1) is 0 Å². The SMILES string of the molecule is O=C(CCCc1cccs1)N1CCN(c2cc(C(F)(F)F)cc(C(F)(F)F)c2)CC1. The van der Waals surface area contributed by atoms with Crippen molar-refractivity contribution in [1.29, 1.82) is 0 Å². The van der Waals surface area contributed by atoms with Gasteiger partial charge in [-0.2, -0.15) is 26.3 Å². The van der Waals surface area contributed by atoms with Gasteiger partial charge in [-0.15, -0.1) is 11.3 Å². The summed E-state index contributed by atoms with van der Waals surface area (Å²) in [6.07, 6.45) is -7.90. The second-order valence-electron chi connectivity index (χ2n) is 7.06. The minimum Gasteiger partial charge on any atom is -0.368 e. The van der Waals surface area contributed by atoms with Gasteiger partial charge in [0.25, 0.3) is 0 Å². The van der Waals surface area contributed by atoms with Gasteiger partial charge >= 0.3 is 12.4 Å². The molecule has 0 bridgehead atoms. The molecule has 0 radical (unpaired) electrons. The molecule has 164 valence electrons. The van der Waals surface area contributed by atoms with E-state index >= 15 is 0 Å². The van der Waals surface area contributed by atoms with Crippen molar-refractivity contribution in [3.05, 3.63) is 51.7 Å². The highest BCUT2D eigenvalue weighted by Crippen LogP contribution is 2.38. The van der Waals surface area contributed by atoms with Crippen LogP contribution in [0.4, 0.5) is 32.0 Å². The average Bonchev–Trinajstić information content (AvgIpc) is 3.20. The molecule has 0 unspecified atom stereocenters. The summed E-state index contributed by atoms with van der Waals surface area (Å²) in [4.78, 5) is 16.6. The monoisotopic (exact) mass is 450 g/mol. The molecule has 0 aliphatic carbocycles. The molecular formula is C20H20F6N2OS. The fourth-order valence-corrected chi connectivity index (χ4v) is 4.11. The van der Waals surface area contributed by atoms with Gasteiger partial charge in [0, 0.05) is 43.2 Å². The number of nitrogens with zero attached hydrogens (tertiary/aromatic N) is 2. The maximum atomic E-state index is 13.1. The van der Waals surface area contributed by atoms with Gasteiger partial charge in [-0.3, -0.25) is 4.79 Å². The number of aryl methyl sites for hydroxylation is 1. The Morgan fingerprint density at radius 1 is 0.933 bits per heavy atom. The van der Waals surface area contributed by atoms with Crippen LogP contribution in [0.25, 0.3) is 0 Å². The molecule has 0 atom stereocenters. The van der Waals surface area contributed by atoms with Gasteiger partial charge in [0.2, 0.25) is 5.91 Å². The van der Waals surface area contributed by atoms with E-state index in [2.05, 4.69) is 0 Å². The Balaban J connectivity index is 1.62. The van der Waals surface area contributed by atoms with Crippen molar-refractivity contribution >= 4 is 22.9 Å². The Kier molecular flexibility index (Phi) is 6.64. The Morgan fingerprint density at radius 2 is 1.53 bits per heavy atom. The van der Waals surface area contributed by atoms with Crippen LogP contribution < -0.4 is 4.90 Å². The molecule has 1 aromatic carbocycles. The highest BCUT2D eigenvalue weighted by molar-refractivity contribution is 7.09. The van der Waals surface area contributed by atoms with E-state index in [1.54, 1.807) is 16.2 Å². The zero-order valence-corrected chi connectivity index (χ0v) is 16.7. The molecular weight excluding hydrogens is 430 g/mol. The fourth-order valence-electron chi connectivity index (χ4n) is 3.36. The van der Waals surface area contributed by atoms with E-state index in [0.717, 1.165) is 18.6 Å². The summed E-state index contributed by atoms with van der Waals surface area (Å²) in [6.45, 7) is 0.870. The molecule has 0 N–H and O–H groups in total. The lowest BCUT2D eigenvalue weighted by atomic mass is 10.1. The molecule has 0 saturated carbocycles. The lowest BCUT2D eigenvalue weighted by molar-refractivity contribution is -0.143. The van der Waals surface area contributed by atoms with Gasteiger partial charge in [-0.1, -0.05) is 6.07 Å². The smallest absolute Gasteiger partial charge is 0.368 e. The summed E-state index contributed by atoms with van der Waals surface area (Å²) in [5.41, 5.74) is -2.80. The van der Waals surface area contributed by atoms with E-state index in [0.29, 0.717) is 12.8 Å². The zero-order valence-electron chi connectivity index (χ0n) is 15.9. The number of rotatable bonds is 5. The van der Waals surface area contributed by atoms with Crippen molar-refractivity contribution < 1.29 is 31.1 Å². The number of piperazine rings is 1. The molecule has 1 amide bonds. The fraction of sp³-hybridized carbons (Fsp3) is 0.450. The minimum atomic E-state index is -4.88. The second kappa shape index (κ2) is 8.87. The van der Waals surface area contributed by atoms with E-state index in [-0.39, 0.29) is 43.8 Å². The van der Waals surface area contributed by atoms with E-state index in [4.69, 9.17) is 0 Å². The van der Waals surface area contributed by atoms with Crippen molar-refractivity contribution in [3.63, 3.8) is 0 Å². The molecule has 1 fully saturated rings. The summed E-state index contributed by atoms with van der Waals surface area (Å²) in [5.74, 6) is -0.0498. The van der Waals surface area contributed by atoms with Crippen molar-refractivity contribution in [2.24, 2.45) is 0 Å². The summed E-state index contributed by atoms with van der Waals surface area (Å²) in [7, 11) is 0. The Hall–Kier alpha value is -2.23. The largest absolute Gasteiger partial charge is 0.416 e. The molecule has 1 saturated heterocycles. The molecule has 2 aromatic rings. The molecule has 1 aliphatic heterocycles. The first-order valence-corrected chi connectivity index (χ1v) is 10.3. The van der Waals surface area contributed by atoms with Gasteiger partial charge < -0.3 is 9.80 Å². The maximum absolute atomic E-state index is 13.1. The summed E-state index contributed by atoms with van der Waals surface area (Å²) in [5, 5.41) is 1.97. The zero-order chi connectivity index (χ0) is 21.9. The maximum Gasteiger partial charge on any atom is 0.416 e. The first-order chi connectivity index (χ1) is 14.0. The molecule has 0 spiro atoms. The van der Waals surface area contributed by atoms with Crippen LogP contribution in [0.1, 0.15) is 28.8 Å². The number of hydrogen-bond donors (Lipinski definition) is 0. The molecule has 1 aromatic heterocycles.